The molecule has 1 aliphatic rings. The summed E-state index contributed by atoms with van der Waals surface area (Å²) < 4.78 is 0. The summed E-state index contributed by atoms with van der Waals surface area (Å²) >= 11 is 0. The predicted molar refractivity (Wildman–Crippen MR) is 70.1 cm³/mol. The van der Waals surface area contributed by atoms with Gasteiger partial charge in [-0.3, -0.25) is 9.69 Å². The Morgan fingerprint density at radius 2 is 1.82 bits per heavy atom. The van der Waals surface area contributed by atoms with E-state index in [0.29, 0.717) is 12.5 Å². The fourth-order valence-corrected chi connectivity index (χ4v) is 3.07. The molecule has 0 bridgehead atoms. The second-order valence-electron chi connectivity index (χ2n) is 5.74. The number of hydrogen-bond acceptors (Lipinski definition) is 2. The SMILES string of the molecule is CCC(C(=O)O)N(C)C1CCC(C(C)C)CC1. The molecule has 0 radical (unpaired) electrons. The standard InChI is InChI=1S/C14H27NO2/c1-5-13(14(16)17)15(4)12-8-6-11(7-9-12)10(2)3/h10-13H,5-9H2,1-4H3,(H,16,17). The zero-order valence-electron chi connectivity index (χ0n) is 11.6. The lowest BCUT2D eigenvalue weighted by Gasteiger charge is -2.38. The maximum absolute atomic E-state index is 11.1. The fraction of sp³-hybridized carbons (Fsp3) is 0.929. The van der Waals surface area contributed by atoms with Crippen LogP contribution >= 0.6 is 0 Å². The quantitative estimate of drug-likeness (QED) is 0.804. The highest BCUT2D eigenvalue weighted by molar-refractivity contribution is 5.73. The minimum Gasteiger partial charge on any atom is -0.480 e. The second kappa shape index (κ2) is 6.39. The number of nitrogens with zero attached hydrogens (tertiary/aromatic N) is 1. The van der Waals surface area contributed by atoms with E-state index in [0.717, 1.165) is 24.7 Å². The highest BCUT2D eigenvalue weighted by Gasteiger charge is 2.30. The van der Waals surface area contributed by atoms with Crippen LogP contribution in [0, 0.1) is 11.8 Å². The van der Waals surface area contributed by atoms with Gasteiger partial charge in [0, 0.05) is 6.04 Å². The van der Waals surface area contributed by atoms with Crippen LogP contribution in [0.2, 0.25) is 0 Å². The van der Waals surface area contributed by atoms with Gasteiger partial charge in [0.2, 0.25) is 0 Å². The zero-order valence-corrected chi connectivity index (χ0v) is 11.6. The van der Waals surface area contributed by atoms with Crippen LogP contribution in [0.3, 0.4) is 0 Å². The molecule has 1 unspecified atom stereocenters. The van der Waals surface area contributed by atoms with Gasteiger partial charge in [-0.05, 0) is 51.0 Å². The van der Waals surface area contributed by atoms with Crippen LogP contribution in [-0.4, -0.2) is 35.1 Å². The summed E-state index contributed by atoms with van der Waals surface area (Å²) in [4.78, 5) is 13.2. The van der Waals surface area contributed by atoms with Crippen LogP contribution in [0.25, 0.3) is 0 Å². The van der Waals surface area contributed by atoms with Crippen LogP contribution in [-0.2, 0) is 4.79 Å². The monoisotopic (exact) mass is 241 g/mol. The first-order valence-corrected chi connectivity index (χ1v) is 6.92. The lowest BCUT2D eigenvalue weighted by molar-refractivity contribution is -0.144. The highest BCUT2D eigenvalue weighted by atomic mass is 16.4. The molecule has 1 fully saturated rings. The average molecular weight is 241 g/mol. The van der Waals surface area contributed by atoms with Crippen molar-refractivity contribution in [2.45, 2.75) is 65.0 Å². The molecule has 0 amide bonds. The number of hydrogen-bond donors (Lipinski definition) is 1. The number of likely N-dealkylation sites (N-methyl/N-ethyl adjacent to an activating group) is 1. The van der Waals surface area contributed by atoms with Crippen LogP contribution < -0.4 is 0 Å². The first kappa shape index (κ1) is 14.5. The van der Waals surface area contributed by atoms with Crippen molar-refractivity contribution < 1.29 is 9.90 Å². The molecule has 3 heteroatoms. The molecular formula is C14H27NO2. The molecule has 17 heavy (non-hydrogen) atoms. The zero-order chi connectivity index (χ0) is 13.0. The Balaban J connectivity index is 2.50. The minimum atomic E-state index is -0.680. The van der Waals surface area contributed by atoms with Crippen molar-refractivity contribution >= 4 is 5.97 Å². The summed E-state index contributed by atoms with van der Waals surface area (Å²) in [5.74, 6) is 0.924. The third kappa shape index (κ3) is 3.70. The summed E-state index contributed by atoms with van der Waals surface area (Å²) in [6, 6.07) is 0.154. The van der Waals surface area contributed by atoms with Gasteiger partial charge in [-0.2, -0.15) is 0 Å². The van der Waals surface area contributed by atoms with Gasteiger partial charge in [0.15, 0.2) is 0 Å². The van der Waals surface area contributed by atoms with E-state index in [9.17, 15) is 9.90 Å². The van der Waals surface area contributed by atoms with Crippen molar-refractivity contribution in [3.8, 4) is 0 Å². The van der Waals surface area contributed by atoms with E-state index in [1.54, 1.807) is 0 Å². The topological polar surface area (TPSA) is 40.5 Å². The normalized spacial score (nSPS) is 27.4. The first-order chi connectivity index (χ1) is 7.97. The van der Waals surface area contributed by atoms with Gasteiger partial charge in [-0.15, -0.1) is 0 Å². The van der Waals surface area contributed by atoms with Crippen molar-refractivity contribution in [1.29, 1.82) is 0 Å². The first-order valence-electron chi connectivity index (χ1n) is 6.92. The van der Waals surface area contributed by atoms with Gasteiger partial charge in [0.1, 0.15) is 6.04 Å². The Morgan fingerprint density at radius 1 is 1.29 bits per heavy atom. The smallest absolute Gasteiger partial charge is 0.320 e. The van der Waals surface area contributed by atoms with E-state index >= 15 is 0 Å². The van der Waals surface area contributed by atoms with Crippen molar-refractivity contribution in [2.75, 3.05) is 7.05 Å². The summed E-state index contributed by atoms with van der Waals surface area (Å²) in [6.45, 7) is 6.54. The number of aliphatic carboxylic acids is 1. The Hall–Kier alpha value is -0.570. The van der Waals surface area contributed by atoms with E-state index in [1.165, 1.54) is 12.8 Å². The number of carboxylic acid groups (broad SMARTS) is 1. The molecule has 0 aromatic carbocycles. The maximum atomic E-state index is 11.1. The largest absolute Gasteiger partial charge is 0.480 e. The Bertz CT molecular complexity index is 245. The third-order valence-corrected chi connectivity index (χ3v) is 4.42. The molecule has 0 aromatic heterocycles. The Labute approximate surface area is 105 Å². The lowest BCUT2D eigenvalue weighted by atomic mass is 9.79. The minimum absolute atomic E-state index is 0.310. The molecule has 1 atom stereocenters. The van der Waals surface area contributed by atoms with Gasteiger partial charge in [0.05, 0.1) is 0 Å². The van der Waals surface area contributed by atoms with Gasteiger partial charge in [-0.1, -0.05) is 20.8 Å². The van der Waals surface area contributed by atoms with E-state index < -0.39 is 5.97 Å². The Morgan fingerprint density at radius 3 is 2.18 bits per heavy atom. The van der Waals surface area contributed by atoms with Crippen LogP contribution in [0.5, 0.6) is 0 Å². The molecule has 1 saturated carbocycles. The highest BCUT2D eigenvalue weighted by Crippen LogP contribution is 2.32. The van der Waals surface area contributed by atoms with Gasteiger partial charge < -0.3 is 5.11 Å². The molecule has 3 nitrogen and oxygen atoms in total. The van der Waals surface area contributed by atoms with E-state index in [2.05, 4.69) is 18.7 Å². The van der Waals surface area contributed by atoms with Crippen LogP contribution in [0.15, 0.2) is 0 Å². The number of rotatable bonds is 5. The van der Waals surface area contributed by atoms with E-state index in [1.807, 2.05) is 14.0 Å². The van der Waals surface area contributed by atoms with Crippen molar-refractivity contribution in [3.63, 3.8) is 0 Å². The molecule has 1 N–H and O–H groups in total. The van der Waals surface area contributed by atoms with Gasteiger partial charge >= 0.3 is 5.97 Å². The summed E-state index contributed by atoms with van der Waals surface area (Å²) in [5.41, 5.74) is 0. The van der Waals surface area contributed by atoms with Gasteiger partial charge in [-0.25, -0.2) is 0 Å². The maximum Gasteiger partial charge on any atom is 0.320 e. The molecule has 1 aliphatic carbocycles. The molecule has 0 spiro atoms. The lowest BCUT2D eigenvalue weighted by Crippen LogP contribution is -2.46. The molecule has 100 valence electrons. The summed E-state index contributed by atoms with van der Waals surface area (Å²) in [6.07, 6.45) is 5.51. The average Bonchev–Trinajstić information content (AvgIpc) is 2.29. The molecule has 0 heterocycles. The van der Waals surface area contributed by atoms with E-state index in [-0.39, 0.29) is 6.04 Å². The molecule has 0 aliphatic heterocycles. The van der Waals surface area contributed by atoms with Crippen LogP contribution in [0.1, 0.15) is 52.9 Å². The fourth-order valence-electron chi connectivity index (χ4n) is 3.07. The van der Waals surface area contributed by atoms with Crippen molar-refractivity contribution in [3.05, 3.63) is 0 Å². The number of carboxylic acids is 1. The molecule has 0 aromatic rings. The number of carbonyl (C=O) groups is 1. The summed E-state index contributed by atoms with van der Waals surface area (Å²) in [5, 5.41) is 9.17. The molecule has 1 rings (SSSR count). The van der Waals surface area contributed by atoms with E-state index in [4.69, 9.17) is 0 Å². The van der Waals surface area contributed by atoms with Crippen molar-refractivity contribution in [1.82, 2.24) is 4.90 Å². The molecular weight excluding hydrogens is 214 g/mol. The Kier molecular flexibility index (Phi) is 5.44. The predicted octanol–water partition coefficient (Wildman–Crippen LogP) is 3.00. The summed E-state index contributed by atoms with van der Waals surface area (Å²) in [7, 11) is 1.97. The van der Waals surface area contributed by atoms with Crippen LogP contribution in [0.4, 0.5) is 0 Å². The molecule has 0 saturated heterocycles. The third-order valence-electron chi connectivity index (χ3n) is 4.42. The van der Waals surface area contributed by atoms with Crippen molar-refractivity contribution in [2.24, 2.45) is 11.8 Å². The second-order valence-corrected chi connectivity index (χ2v) is 5.74. The van der Waals surface area contributed by atoms with Gasteiger partial charge in [0.25, 0.3) is 0 Å².